The Morgan fingerprint density at radius 1 is 1.29 bits per heavy atom. The van der Waals surface area contributed by atoms with E-state index in [1.165, 1.54) is 6.07 Å². The van der Waals surface area contributed by atoms with Crippen molar-refractivity contribution < 1.29 is 9.13 Å². The zero-order chi connectivity index (χ0) is 15.4. The molecule has 0 amide bonds. The first-order chi connectivity index (χ1) is 9.99. The van der Waals surface area contributed by atoms with E-state index in [1.807, 2.05) is 13.0 Å². The molecule has 0 aliphatic rings. The average molecular weight is 373 g/mol. The fraction of sp³-hybridized carbons (Fsp3) is 0.250. The predicted molar refractivity (Wildman–Crippen MR) is 87.6 cm³/mol. The van der Waals surface area contributed by atoms with Crippen LogP contribution < -0.4 is 10.5 Å². The Kier molecular flexibility index (Phi) is 5.62. The largest absolute Gasteiger partial charge is 0.454 e. The molecule has 0 saturated carbocycles. The molecule has 0 spiro atoms. The normalized spacial score (nSPS) is 12.2. The smallest absolute Gasteiger partial charge is 0.166 e. The summed E-state index contributed by atoms with van der Waals surface area (Å²) in [5.41, 5.74) is 6.89. The van der Waals surface area contributed by atoms with Gasteiger partial charge in [0, 0.05) is 15.5 Å². The van der Waals surface area contributed by atoms with Crippen molar-refractivity contribution in [2.24, 2.45) is 5.73 Å². The first-order valence-electron chi connectivity index (χ1n) is 6.66. The average Bonchev–Trinajstić information content (AvgIpc) is 2.44. The summed E-state index contributed by atoms with van der Waals surface area (Å²) in [6.07, 6.45) is 1.60. The summed E-state index contributed by atoms with van der Waals surface area (Å²) in [4.78, 5) is 0. The van der Waals surface area contributed by atoms with E-state index in [2.05, 4.69) is 15.9 Å². The minimum absolute atomic E-state index is 0.0817. The van der Waals surface area contributed by atoms with Crippen molar-refractivity contribution in [2.45, 2.75) is 25.8 Å². The zero-order valence-electron chi connectivity index (χ0n) is 11.6. The maximum Gasteiger partial charge on any atom is 0.166 e. The molecule has 1 unspecified atom stereocenters. The van der Waals surface area contributed by atoms with Crippen LogP contribution in [0.3, 0.4) is 0 Å². The molecule has 2 rings (SSSR count). The van der Waals surface area contributed by atoms with E-state index in [0.717, 1.165) is 12.0 Å². The van der Waals surface area contributed by atoms with Crippen LogP contribution in [0, 0.1) is 5.82 Å². The molecular weight excluding hydrogens is 357 g/mol. The second kappa shape index (κ2) is 7.25. The van der Waals surface area contributed by atoms with E-state index in [-0.39, 0.29) is 11.8 Å². The van der Waals surface area contributed by atoms with Gasteiger partial charge in [-0.2, -0.15) is 0 Å². The molecule has 0 fully saturated rings. The molecule has 0 heterocycles. The molecule has 2 nitrogen and oxygen atoms in total. The van der Waals surface area contributed by atoms with Crippen LogP contribution in [-0.4, -0.2) is 6.04 Å². The monoisotopic (exact) mass is 371 g/mol. The van der Waals surface area contributed by atoms with Crippen LogP contribution in [0.5, 0.6) is 11.5 Å². The van der Waals surface area contributed by atoms with Gasteiger partial charge in [-0.3, -0.25) is 0 Å². The minimum Gasteiger partial charge on any atom is -0.454 e. The number of hydrogen-bond acceptors (Lipinski definition) is 2. The van der Waals surface area contributed by atoms with Gasteiger partial charge >= 0.3 is 0 Å². The molecule has 0 saturated heterocycles. The second-order valence-electron chi connectivity index (χ2n) is 4.80. The van der Waals surface area contributed by atoms with Crippen molar-refractivity contribution >= 4 is 27.5 Å². The summed E-state index contributed by atoms with van der Waals surface area (Å²) in [6, 6.07) is 10.0. The van der Waals surface area contributed by atoms with Gasteiger partial charge in [-0.15, -0.1) is 0 Å². The third kappa shape index (κ3) is 4.43. The van der Waals surface area contributed by atoms with Crippen LogP contribution in [-0.2, 0) is 6.42 Å². The van der Waals surface area contributed by atoms with Crippen LogP contribution in [0.2, 0.25) is 5.02 Å². The van der Waals surface area contributed by atoms with Crippen LogP contribution >= 0.6 is 27.5 Å². The Bertz CT molecular complexity index is 636. The summed E-state index contributed by atoms with van der Waals surface area (Å²) in [5, 5.41) is 0.578. The lowest BCUT2D eigenvalue weighted by Gasteiger charge is -2.12. The van der Waals surface area contributed by atoms with Crippen LogP contribution in [0.25, 0.3) is 0 Å². The number of ether oxygens (including phenoxy) is 1. The van der Waals surface area contributed by atoms with E-state index >= 15 is 0 Å². The van der Waals surface area contributed by atoms with Gasteiger partial charge in [-0.25, -0.2) is 4.39 Å². The van der Waals surface area contributed by atoms with Crippen molar-refractivity contribution in [3.05, 3.63) is 57.3 Å². The minimum atomic E-state index is -0.433. The Morgan fingerprint density at radius 2 is 2.05 bits per heavy atom. The highest BCUT2D eigenvalue weighted by atomic mass is 79.9. The standard InChI is InChI=1S/C16H16BrClFNO/c1-2-12(20)7-10-3-5-13(9-14(10)18)21-16-6-4-11(17)8-15(16)19/h3-6,8-9,12H,2,7,20H2,1H3. The topological polar surface area (TPSA) is 35.2 Å². The Labute approximate surface area is 137 Å². The summed E-state index contributed by atoms with van der Waals surface area (Å²) in [7, 11) is 0. The lowest BCUT2D eigenvalue weighted by molar-refractivity contribution is 0.442. The highest BCUT2D eigenvalue weighted by Crippen LogP contribution is 2.30. The van der Waals surface area contributed by atoms with Crippen molar-refractivity contribution in [3.8, 4) is 11.5 Å². The molecule has 0 aliphatic heterocycles. The van der Waals surface area contributed by atoms with E-state index in [9.17, 15) is 4.39 Å². The number of halogens is 3. The van der Waals surface area contributed by atoms with Crippen LogP contribution in [0.1, 0.15) is 18.9 Å². The number of nitrogens with two attached hydrogens (primary N) is 1. The Morgan fingerprint density at radius 3 is 2.67 bits per heavy atom. The highest BCUT2D eigenvalue weighted by molar-refractivity contribution is 9.10. The van der Waals surface area contributed by atoms with Gasteiger partial charge in [-0.1, -0.05) is 40.5 Å². The molecule has 0 radical (unpaired) electrons. The number of rotatable bonds is 5. The quantitative estimate of drug-likeness (QED) is 0.771. The Balaban J connectivity index is 2.16. The molecule has 0 bridgehead atoms. The van der Waals surface area contributed by atoms with E-state index in [4.69, 9.17) is 22.1 Å². The highest BCUT2D eigenvalue weighted by Gasteiger charge is 2.09. The van der Waals surface area contributed by atoms with Gasteiger partial charge in [-0.05, 0) is 48.7 Å². The van der Waals surface area contributed by atoms with Crippen molar-refractivity contribution in [1.29, 1.82) is 0 Å². The maximum absolute atomic E-state index is 13.7. The summed E-state index contributed by atoms with van der Waals surface area (Å²) in [6.45, 7) is 2.03. The lowest BCUT2D eigenvalue weighted by atomic mass is 10.0. The second-order valence-corrected chi connectivity index (χ2v) is 6.13. The molecular formula is C16H16BrClFNO. The first-order valence-corrected chi connectivity index (χ1v) is 7.83. The summed E-state index contributed by atoms with van der Waals surface area (Å²) < 4.78 is 19.9. The van der Waals surface area contributed by atoms with Gasteiger partial charge in [0.05, 0.1) is 0 Å². The van der Waals surface area contributed by atoms with E-state index < -0.39 is 5.82 Å². The fourth-order valence-electron chi connectivity index (χ4n) is 1.87. The van der Waals surface area contributed by atoms with Gasteiger partial charge < -0.3 is 10.5 Å². The third-order valence-electron chi connectivity index (χ3n) is 3.15. The number of benzene rings is 2. The molecule has 2 aromatic rings. The summed E-state index contributed by atoms with van der Waals surface area (Å²) >= 11 is 9.43. The molecule has 2 aromatic carbocycles. The van der Waals surface area contributed by atoms with Gasteiger partial charge in [0.2, 0.25) is 0 Å². The van der Waals surface area contributed by atoms with E-state index in [1.54, 1.807) is 24.3 Å². The predicted octanol–water partition coefficient (Wildman–Crippen LogP) is 5.31. The first kappa shape index (κ1) is 16.3. The third-order valence-corrected chi connectivity index (χ3v) is 4.00. The number of hydrogen-bond donors (Lipinski definition) is 1. The SMILES string of the molecule is CCC(N)Cc1ccc(Oc2ccc(Br)cc2F)cc1Cl. The Hall–Kier alpha value is -1.10. The van der Waals surface area contributed by atoms with Crippen molar-refractivity contribution in [1.82, 2.24) is 0 Å². The zero-order valence-corrected chi connectivity index (χ0v) is 13.9. The molecule has 21 heavy (non-hydrogen) atoms. The summed E-state index contributed by atoms with van der Waals surface area (Å²) in [5.74, 6) is 0.222. The maximum atomic E-state index is 13.7. The molecule has 0 aliphatic carbocycles. The lowest BCUT2D eigenvalue weighted by Crippen LogP contribution is -2.21. The van der Waals surface area contributed by atoms with E-state index in [0.29, 0.717) is 21.7 Å². The van der Waals surface area contributed by atoms with Gasteiger partial charge in [0.25, 0.3) is 0 Å². The van der Waals surface area contributed by atoms with Crippen molar-refractivity contribution in [3.63, 3.8) is 0 Å². The molecule has 1 atom stereocenters. The molecule has 0 aromatic heterocycles. The fourth-order valence-corrected chi connectivity index (χ4v) is 2.45. The molecule has 112 valence electrons. The molecule has 5 heteroatoms. The van der Waals surface area contributed by atoms with Crippen molar-refractivity contribution in [2.75, 3.05) is 0 Å². The van der Waals surface area contributed by atoms with Crippen LogP contribution in [0.4, 0.5) is 4.39 Å². The van der Waals surface area contributed by atoms with Crippen LogP contribution in [0.15, 0.2) is 40.9 Å². The van der Waals surface area contributed by atoms with Gasteiger partial charge in [0.15, 0.2) is 11.6 Å². The molecule has 2 N–H and O–H groups in total. The van der Waals surface area contributed by atoms with Gasteiger partial charge in [0.1, 0.15) is 5.75 Å².